The summed E-state index contributed by atoms with van der Waals surface area (Å²) in [6.45, 7) is 0. The van der Waals surface area contributed by atoms with Crippen molar-refractivity contribution in [3.8, 4) is 11.5 Å². The molecule has 0 aliphatic heterocycles. The Kier molecular flexibility index (Phi) is 7.39. The number of hydrogen-bond acceptors (Lipinski definition) is 6. The second-order valence-corrected chi connectivity index (χ2v) is 7.12. The van der Waals surface area contributed by atoms with Crippen LogP contribution < -0.4 is 9.47 Å². The smallest absolute Gasteiger partial charge is 0.337 e. The van der Waals surface area contributed by atoms with Gasteiger partial charge in [-0.15, -0.1) is 0 Å². The topological polar surface area (TPSA) is 78.9 Å². The first-order chi connectivity index (χ1) is 15.5. The Morgan fingerprint density at radius 2 is 1.22 bits per heavy atom. The molecule has 0 spiro atoms. The maximum Gasteiger partial charge on any atom is 0.337 e. The molecule has 3 rings (SSSR count). The number of Topliss-reactive ketones (excluding diaryl/α,β-unsaturated/α-hetero) is 2. The van der Waals surface area contributed by atoms with Crippen molar-refractivity contribution in [1.82, 2.24) is 0 Å². The van der Waals surface area contributed by atoms with Gasteiger partial charge < -0.3 is 14.2 Å². The zero-order valence-corrected chi connectivity index (χ0v) is 18.2. The predicted molar refractivity (Wildman–Crippen MR) is 120 cm³/mol. The van der Waals surface area contributed by atoms with Crippen molar-refractivity contribution in [1.29, 1.82) is 0 Å². The Bertz CT molecular complexity index is 1130. The number of ketones is 2. The van der Waals surface area contributed by atoms with Gasteiger partial charge in [0.05, 0.1) is 26.9 Å². The van der Waals surface area contributed by atoms with Crippen molar-refractivity contribution in [2.24, 2.45) is 0 Å². The maximum atomic E-state index is 12.8. The molecule has 0 aliphatic carbocycles. The highest BCUT2D eigenvalue weighted by Crippen LogP contribution is 2.28. The number of carbonyl (C=O) groups excluding carboxylic acids is 3. The molecule has 3 aromatic rings. The molecule has 0 fully saturated rings. The first-order valence-electron chi connectivity index (χ1n) is 10.0. The van der Waals surface area contributed by atoms with E-state index in [1.165, 1.54) is 27.4 Å². The van der Waals surface area contributed by atoms with E-state index >= 15 is 0 Å². The highest BCUT2D eigenvalue weighted by molar-refractivity contribution is 6.49. The van der Waals surface area contributed by atoms with Crippen LogP contribution in [0.1, 0.15) is 42.2 Å². The predicted octanol–water partition coefficient (Wildman–Crippen LogP) is 4.34. The van der Waals surface area contributed by atoms with Gasteiger partial charge >= 0.3 is 5.97 Å². The zero-order chi connectivity index (χ0) is 23.1. The van der Waals surface area contributed by atoms with Crippen LogP contribution in [-0.2, 0) is 17.6 Å². The lowest BCUT2D eigenvalue weighted by Gasteiger charge is -2.09. The van der Waals surface area contributed by atoms with E-state index in [1.54, 1.807) is 42.5 Å². The Labute approximate surface area is 186 Å². The van der Waals surface area contributed by atoms with Crippen LogP contribution in [0.2, 0.25) is 0 Å². The fourth-order valence-corrected chi connectivity index (χ4v) is 3.32. The van der Waals surface area contributed by atoms with Gasteiger partial charge in [-0.05, 0) is 60.4 Å². The zero-order valence-electron chi connectivity index (χ0n) is 18.2. The van der Waals surface area contributed by atoms with Crippen LogP contribution in [0.4, 0.5) is 0 Å². The number of carbonyl (C=O) groups is 3. The summed E-state index contributed by atoms with van der Waals surface area (Å²) in [7, 11) is 4.32. The van der Waals surface area contributed by atoms with Gasteiger partial charge in [-0.3, -0.25) is 9.59 Å². The fourth-order valence-electron chi connectivity index (χ4n) is 3.32. The van der Waals surface area contributed by atoms with E-state index in [0.29, 0.717) is 29.0 Å². The lowest BCUT2D eigenvalue weighted by atomic mass is 9.97. The van der Waals surface area contributed by atoms with Crippen LogP contribution in [0, 0.1) is 0 Å². The molecule has 6 heteroatoms. The lowest BCUT2D eigenvalue weighted by Crippen LogP contribution is -2.15. The third-order valence-electron chi connectivity index (χ3n) is 5.12. The van der Waals surface area contributed by atoms with Crippen LogP contribution in [0.25, 0.3) is 0 Å². The van der Waals surface area contributed by atoms with E-state index < -0.39 is 11.6 Å². The molecule has 0 unspecified atom stereocenters. The number of methoxy groups -OCH3 is 3. The van der Waals surface area contributed by atoms with Crippen LogP contribution in [0.5, 0.6) is 11.5 Å². The molecule has 164 valence electrons. The van der Waals surface area contributed by atoms with Gasteiger partial charge in [-0.1, -0.05) is 30.3 Å². The molecule has 0 aliphatic rings. The van der Waals surface area contributed by atoms with E-state index in [9.17, 15) is 14.4 Å². The third-order valence-corrected chi connectivity index (χ3v) is 5.12. The van der Waals surface area contributed by atoms with Crippen LogP contribution in [0.3, 0.4) is 0 Å². The number of rotatable bonds is 9. The van der Waals surface area contributed by atoms with Gasteiger partial charge in [-0.2, -0.15) is 0 Å². The highest BCUT2D eigenvalue weighted by atomic mass is 16.5. The van der Waals surface area contributed by atoms with Crippen molar-refractivity contribution in [2.75, 3.05) is 21.3 Å². The minimum absolute atomic E-state index is 0.240. The van der Waals surface area contributed by atoms with Crippen molar-refractivity contribution in [2.45, 2.75) is 12.8 Å². The van der Waals surface area contributed by atoms with Gasteiger partial charge in [0.25, 0.3) is 0 Å². The summed E-state index contributed by atoms with van der Waals surface area (Å²) < 4.78 is 15.1. The molecule has 0 bridgehead atoms. The Balaban J connectivity index is 1.70. The summed E-state index contributed by atoms with van der Waals surface area (Å²) in [5, 5.41) is 0. The minimum atomic E-state index is -0.610. The summed E-state index contributed by atoms with van der Waals surface area (Å²) in [4.78, 5) is 37.1. The maximum absolute atomic E-state index is 12.8. The fraction of sp³-hybridized carbons (Fsp3) is 0.192. The van der Waals surface area contributed by atoms with E-state index in [0.717, 1.165) is 17.5 Å². The first kappa shape index (κ1) is 22.7. The van der Waals surface area contributed by atoms with Crippen molar-refractivity contribution in [3.63, 3.8) is 0 Å². The third kappa shape index (κ3) is 5.21. The molecule has 0 radical (unpaired) electrons. The second-order valence-electron chi connectivity index (χ2n) is 7.12. The van der Waals surface area contributed by atoms with Crippen LogP contribution in [-0.4, -0.2) is 38.9 Å². The molecule has 0 saturated carbocycles. The summed E-state index contributed by atoms with van der Waals surface area (Å²) in [6, 6.07) is 18.9. The normalized spacial score (nSPS) is 10.3. The van der Waals surface area contributed by atoms with Gasteiger partial charge in [0, 0.05) is 11.1 Å². The second kappa shape index (κ2) is 10.4. The van der Waals surface area contributed by atoms with Gasteiger partial charge in [-0.25, -0.2) is 4.79 Å². The molecule has 0 aromatic heterocycles. The molecule has 0 amide bonds. The highest BCUT2D eigenvalue weighted by Gasteiger charge is 2.20. The van der Waals surface area contributed by atoms with Crippen molar-refractivity contribution < 1.29 is 28.6 Å². The lowest BCUT2D eigenvalue weighted by molar-refractivity contribution is 0.0600. The SMILES string of the molecule is COC(=O)c1ccc(CCc2cccc(C(=O)C(=O)c3ccc(OC)c(OC)c3)c2)cc1. The monoisotopic (exact) mass is 432 g/mol. The quantitative estimate of drug-likeness (QED) is 0.284. The Hall–Kier alpha value is -3.93. The summed E-state index contributed by atoms with van der Waals surface area (Å²) >= 11 is 0. The number of ether oxygens (including phenoxy) is 3. The molecular formula is C26H24O6. The largest absolute Gasteiger partial charge is 0.493 e. The van der Waals surface area contributed by atoms with Crippen LogP contribution >= 0.6 is 0 Å². The summed E-state index contributed by atoms with van der Waals surface area (Å²) in [5.74, 6) is -0.693. The molecule has 0 heterocycles. The molecule has 0 N–H and O–H groups in total. The number of esters is 1. The minimum Gasteiger partial charge on any atom is -0.493 e. The van der Waals surface area contributed by atoms with E-state index in [2.05, 4.69) is 0 Å². The van der Waals surface area contributed by atoms with Crippen LogP contribution in [0.15, 0.2) is 66.7 Å². The van der Waals surface area contributed by atoms with Gasteiger partial charge in [0.1, 0.15) is 0 Å². The van der Waals surface area contributed by atoms with Gasteiger partial charge in [0.2, 0.25) is 11.6 Å². The molecule has 0 atom stereocenters. The molecule has 0 saturated heterocycles. The molecule has 3 aromatic carbocycles. The first-order valence-corrected chi connectivity index (χ1v) is 10.0. The summed E-state index contributed by atoms with van der Waals surface area (Å²) in [6.07, 6.45) is 1.41. The van der Waals surface area contributed by atoms with Gasteiger partial charge in [0.15, 0.2) is 11.5 Å². The Morgan fingerprint density at radius 1 is 0.625 bits per heavy atom. The number of benzene rings is 3. The average Bonchev–Trinajstić information content (AvgIpc) is 2.86. The van der Waals surface area contributed by atoms with E-state index in [-0.39, 0.29) is 11.5 Å². The molecule has 6 nitrogen and oxygen atoms in total. The number of hydrogen-bond donors (Lipinski definition) is 0. The standard InChI is InChI=1S/C26H24O6/c1-30-22-14-13-21(16-23(22)31-2)25(28)24(27)20-6-4-5-18(15-20)8-7-17-9-11-19(12-10-17)26(29)32-3/h4-6,9-16H,7-8H2,1-3H3. The van der Waals surface area contributed by atoms with E-state index in [4.69, 9.17) is 14.2 Å². The summed E-state index contributed by atoms with van der Waals surface area (Å²) in [5.41, 5.74) is 3.06. The van der Waals surface area contributed by atoms with Crippen molar-refractivity contribution in [3.05, 3.63) is 94.5 Å². The number of aryl methyl sites for hydroxylation is 2. The average molecular weight is 432 g/mol. The Morgan fingerprint density at radius 3 is 1.84 bits per heavy atom. The van der Waals surface area contributed by atoms with Crippen molar-refractivity contribution >= 4 is 17.5 Å². The molecular weight excluding hydrogens is 408 g/mol. The van der Waals surface area contributed by atoms with E-state index in [1.807, 2.05) is 18.2 Å². The molecule has 32 heavy (non-hydrogen) atoms.